The molecular weight excluding hydrogens is 252 g/mol. The van der Waals surface area contributed by atoms with Crippen molar-refractivity contribution in [1.29, 1.82) is 0 Å². The fourth-order valence-electron chi connectivity index (χ4n) is 2.52. The monoisotopic (exact) mass is 276 g/mol. The molecule has 2 nitrogen and oxygen atoms in total. The van der Waals surface area contributed by atoms with Gasteiger partial charge in [0.05, 0.1) is 15.2 Å². The van der Waals surface area contributed by atoms with Gasteiger partial charge in [-0.1, -0.05) is 19.9 Å². The van der Waals surface area contributed by atoms with E-state index in [0.717, 1.165) is 30.8 Å². The number of thiazole rings is 1. The lowest BCUT2D eigenvalue weighted by Crippen LogP contribution is -2.15. The van der Waals surface area contributed by atoms with E-state index >= 15 is 0 Å². The van der Waals surface area contributed by atoms with Gasteiger partial charge in [-0.3, -0.25) is 0 Å². The second-order valence-corrected chi connectivity index (χ2v) is 6.81. The molecule has 1 heterocycles. The predicted octanol–water partition coefficient (Wildman–Crippen LogP) is 4.16. The SMILES string of the molecule is Cc1ccc2nc(CCC(CCN)C(C)C)sc2c1. The normalized spacial score (nSPS) is 13.3. The van der Waals surface area contributed by atoms with Crippen LogP contribution in [0.3, 0.4) is 0 Å². The molecule has 2 aromatic rings. The van der Waals surface area contributed by atoms with Gasteiger partial charge in [0.1, 0.15) is 0 Å². The van der Waals surface area contributed by atoms with E-state index in [1.54, 1.807) is 0 Å². The zero-order chi connectivity index (χ0) is 13.8. The van der Waals surface area contributed by atoms with Gasteiger partial charge in [0.25, 0.3) is 0 Å². The Morgan fingerprint density at radius 1 is 1.26 bits per heavy atom. The second kappa shape index (κ2) is 6.49. The Balaban J connectivity index is 2.04. The molecule has 19 heavy (non-hydrogen) atoms. The second-order valence-electron chi connectivity index (χ2n) is 5.70. The summed E-state index contributed by atoms with van der Waals surface area (Å²) in [6.45, 7) is 7.51. The molecule has 0 spiro atoms. The highest BCUT2D eigenvalue weighted by Crippen LogP contribution is 2.27. The third-order valence-corrected chi connectivity index (χ3v) is 4.88. The van der Waals surface area contributed by atoms with Crippen molar-refractivity contribution in [3.63, 3.8) is 0 Å². The van der Waals surface area contributed by atoms with Gasteiger partial charge in [-0.05, 0) is 62.3 Å². The maximum atomic E-state index is 5.70. The van der Waals surface area contributed by atoms with Crippen LogP contribution in [0.1, 0.15) is 37.3 Å². The standard InChI is InChI=1S/C16H24N2S/c1-11(2)13(8-9-17)5-7-16-18-14-6-4-12(3)10-15(14)19-16/h4,6,10-11,13H,5,7-9,17H2,1-3H3. The first kappa shape index (κ1) is 14.5. The highest BCUT2D eigenvalue weighted by atomic mass is 32.1. The van der Waals surface area contributed by atoms with E-state index in [1.165, 1.54) is 21.7 Å². The van der Waals surface area contributed by atoms with Gasteiger partial charge in [-0.25, -0.2) is 4.98 Å². The molecule has 0 fully saturated rings. The number of hydrogen-bond acceptors (Lipinski definition) is 3. The topological polar surface area (TPSA) is 38.9 Å². The van der Waals surface area contributed by atoms with E-state index in [2.05, 4.69) is 39.0 Å². The maximum Gasteiger partial charge on any atom is 0.0938 e. The molecule has 0 radical (unpaired) electrons. The van der Waals surface area contributed by atoms with E-state index in [9.17, 15) is 0 Å². The number of rotatable bonds is 6. The van der Waals surface area contributed by atoms with Crippen LogP contribution in [-0.4, -0.2) is 11.5 Å². The summed E-state index contributed by atoms with van der Waals surface area (Å²) < 4.78 is 1.31. The lowest BCUT2D eigenvalue weighted by Gasteiger charge is -2.19. The third kappa shape index (κ3) is 3.77. The number of benzene rings is 1. The summed E-state index contributed by atoms with van der Waals surface area (Å²) in [7, 11) is 0. The van der Waals surface area contributed by atoms with Crippen molar-refractivity contribution in [2.75, 3.05) is 6.54 Å². The summed E-state index contributed by atoms with van der Waals surface area (Å²) >= 11 is 1.84. The van der Waals surface area contributed by atoms with Crippen LogP contribution in [0.2, 0.25) is 0 Å². The average molecular weight is 276 g/mol. The molecule has 0 saturated heterocycles. The number of nitrogens with zero attached hydrogens (tertiary/aromatic N) is 1. The Bertz CT molecular complexity index is 531. The van der Waals surface area contributed by atoms with Crippen LogP contribution in [0.4, 0.5) is 0 Å². The maximum absolute atomic E-state index is 5.70. The minimum Gasteiger partial charge on any atom is -0.330 e. The Kier molecular flexibility index (Phi) is 4.94. The smallest absolute Gasteiger partial charge is 0.0938 e. The Morgan fingerprint density at radius 2 is 2.05 bits per heavy atom. The Hall–Kier alpha value is -0.930. The quantitative estimate of drug-likeness (QED) is 0.860. The first-order chi connectivity index (χ1) is 9.10. The highest BCUT2D eigenvalue weighted by Gasteiger charge is 2.13. The van der Waals surface area contributed by atoms with Gasteiger partial charge >= 0.3 is 0 Å². The fraction of sp³-hybridized carbons (Fsp3) is 0.562. The molecule has 1 unspecified atom stereocenters. The summed E-state index contributed by atoms with van der Waals surface area (Å²) in [4.78, 5) is 4.73. The first-order valence-corrected chi connectivity index (χ1v) is 7.98. The highest BCUT2D eigenvalue weighted by molar-refractivity contribution is 7.18. The van der Waals surface area contributed by atoms with E-state index < -0.39 is 0 Å². The van der Waals surface area contributed by atoms with Crippen molar-refractivity contribution in [1.82, 2.24) is 4.98 Å². The van der Waals surface area contributed by atoms with Crippen molar-refractivity contribution >= 4 is 21.6 Å². The van der Waals surface area contributed by atoms with Gasteiger partial charge in [-0.2, -0.15) is 0 Å². The zero-order valence-corrected chi connectivity index (χ0v) is 13.0. The van der Waals surface area contributed by atoms with Crippen LogP contribution < -0.4 is 5.73 Å². The van der Waals surface area contributed by atoms with E-state index in [4.69, 9.17) is 10.7 Å². The first-order valence-electron chi connectivity index (χ1n) is 7.16. The molecule has 2 N–H and O–H groups in total. The molecule has 0 bridgehead atoms. The van der Waals surface area contributed by atoms with Crippen molar-refractivity contribution in [2.45, 2.75) is 40.0 Å². The average Bonchev–Trinajstić information content (AvgIpc) is 2.75. The number of fused-ring (bicyclic) bond motifs is 1. The van der Waals surface area contributed by atoms with Gasteiger partial charge in [0.15, 0.2) is 0 Å². The summed E-state index contributed by atoms with van der Waals surface area (Å²) in [5, 5.41) is 1.27. The summed E-state index contributed by atoms with van der Waals surface area (Å²) in [6, 6.07) is 6.50. The fourth-order valence-corrected chi connectivity index (χ4v) is 3.60. The van der Waals surface area contributed by atoms with E-state index in [1.807, 2.05) is 11.3 Å². The molecule has 0 aliphatic heterocycles. The Morgan fingerprint density at radius 3 is 2.74 bits per heavy atom. The van der Waals surface area contributed by atoms with Gasteiger partial charge < -0.3 is 5.73 Å². The number of aryl methyl sites for hydroxylation is 2. The molecule has 1 atom stereocenters. The summed E-state index contributed by atoms with van der Waals surface area (Å²) in [6.07, 6.45) is 3.41. The third-order valence-electron chi connectivity index (χ3n) is 3.80. The molecule has 0 aliphatic rings. The number of hydrogen-bond donors (Lipinski definition) is 1. The van der Waals surface area contributed by atoms with Crippen LogP contribution in [0, 0.1) is 18.8 Å². The molecule has 104 valence electrons. The van der Waals surface area contributed by atoms with Crippen LogP contribution in [0.15, 0.2) is 18.2 Å². The van der Waals surface area contributed by atoms with E-state index in [0.29, 0.717) is 5.92 Å². The molecule has 3 heteroatoms. The molecular formula is C16H24N2S. The predicted molar refractivity (Wildman–Crippen MR) is 84.7 cm³/mol. The van der Waals surface area contributed by atoms with Crippen molar-refractivity contribution in [3.8, 4) is 0 Å². The Labute approximate surface area is 120 Å². The van der Waals surface area contributed by atoms with E-state index in [-0.39, 0.29) is 0 Å². The molecule has 1 aromatic carbocycles. The summed E-state index contributed by atoms with van der Waals surface area (Å²) in [5.74, 6) is 1.43. The molecule has 0 amide bonds. The number of aromatic nitrogens is 1. The van der Waals surface area contributed by atoms with Crippen LogP contribution >= 0.6 is 11.3 Å². The largest absolute Gasteiger partial charge is 0.330 e. The van der Waals surface area contributed by atoms with Crippen molar-refractivity contribution < 1.29 is 0 Å². The van der Waals surface area contributed by atoms with Crippen molar-refractivity contribution in [2.24, 2.45) is 17.6 Å². The zero-order valence-electron chi connectivity index (χ0n) is 12.1. The summed E-state index contributed by atoms with van der Waals surface area (Å²) in [5.41, 5.74) is 8.16. The minimum atomic E-state index is 0.708. The van der Waals surface area contributed by atoms with Gasteiger partial charge in [0.2, 0.25) is 0 Å². The van der Waals surface area contributed by atoms with Crippen LogP contribution in [0.5, 0.6) is 0 Å². The van der Waals surface area contributed by atoms with Gasteiger partial charge in [-0.15, -0.1) is 11.3 Å². The molecule has 1 aromatic heterocycles. The van der Waals surface area contributed by atoms with Crippen molar-refractivity contribution in [3.05, 3.63) is 28.8 Å². The van der Waals surface area contributed by atoms with Gasteiger partial charge in [0, 0.05) is 0 Å². The number of nitrogens with two attached hydrogens (primary N) is 1. The molecule has 0 aliphatic carbocycles. The minimum absolute atomic E-state index is 0.708. The molecule has 0 saturated carbocycles. The van der Waals surface area contributed by atoms with Crippen LogP contribution in [0.25, 0.3) is 10.2 Å². The van der Waals surface area contributed by atoms with Crippen LogP contribution in [-0.2, 0) is 6.42 Å². The lowest BCUT2D eigenvalue weighted by atomic mass is 9.88. The lowest BCUT2D eigenvalue weighted by molar-refractivity contribution is 0.341. The molecule has 2 rings (SSSR count).